The van der Waals surface area contributed by atoms with Crippen molar-refractivity contribution in [2.75, 3.05) is 0 Å². The Bertz CT molecular complexity index is 192. The van der Waals surface area contributed by atoms with Gasteiger partial charge in [0.05, 0.1) is 0 Å². The first-order chi connectivity index (χ1) is 5.01. The zero-order valence-electron chi connectivity index (χ0n) is 7.14. The summed E-state index contributed by atoms with van der Waals surface area (Å²) in [6.45, 7) is 7.51. The topological polar surface area (TPSA) is 26.3 Å². The van der Waals surface area contributed by atoms with Crippen LogP contribution in [-0.4, -0.2) is 11.6 Å². The van der Waals surface area contributed by atoms with Gasteiger partial charge in [0.2, 0.25) is 0 Å². The molecule has 2 heteroatoms. The molecule has 0 atom stereocenters. The van der Waals surface area contributed by atoms with Crippen LogP contribution in [0.15, 0.2) is 12.2 Å². The predicted octanol–water partition coefficient (Wildman–Crippen LogP) is 2.05. The van der Waals surface area contributed by atoms with Crippen molar-refractivity contribution in [1.29, 1.82) is 0 Å². The fourth-order valence-corrected chi connectivity index (χ4v) is 1.20. The minimum atomic E-state index is -0.295. The SMILES string of the molecule is C=C1CCCC(C)(C)OC1=O. The number of hydrogen-bond donors (Lipinski definition) is 0. The van der Waals surface area contributed by atoms with Crippen LogP contribution in [0.4, 0.5) is 0 Å². The molecule has 0 amide bonds. The highest BCUT2D eigenvalue weighted by atomic mass is 16.6. The van der Waals surface area contributed by atoms with Gasteiger partial charge in [0.15, 0.2) is 0 Å². The van der Waals surface area contributed by atoms with Crippen LogP contribution in [0, 0.1) is 0 Å². The number of carbonyl (C=O) groups excluding carboxylic acids is 1. The highest BCUT2D eigenvalue weighted by Crippen LogP contribution is 2.25. The Hall–Kier alpha value is -0.790. The summed E-state index contributed by atoms with van der Waals surface area (Å²) in [6.07, 6.45) is 2.71. The molecule has 0 spiro atoms. The third-order valence-corrected chi connectivity index (χ3v) is 1.92. The third kappa shape index (κ3) is 2.07. The Labute approximate surface area is 67.2 Å². The van der Waals surface area contributed by atoms with Gasteiger partial charge < -0.3 is 4.74 Å². The summed E-state index contributed by atoms with van der Waals surface area (Å²) in [5.74, 6) is -0.229. The van der Waals surface area contributed by atoms with E-state index in [1.165, 1.54) is 0 Å². The van der Waals surface area contributed by atoms with E-state index >= 15 is 0 Å². The Morgan fingerprint density at radius 1 is 1.55 bits per heavy atom. The van der Waals surface area contributed by atoms with Gasteiger partial charge in [0, 0.05) is 5.57 Å². The number of cyclic esters (lactones) is 1. The van der Waals surface area contributed by atoms with E-state index in [4.69, 9.17) is 4.74 Å². The van der Waals surface area contributed by atoms with Gasteiger partial charge in [-0.2, -0.15) is 0 Å². The van der Waals surface area contributed by atoms with Gasteiger partial charge in [-0.25, -0.2) is 4.79 Å². The molecule has 1 aliphatic heterocycles. The zero-order valence-corrected chi connectivity index (χ0v) is 7.14. The van der Waals surface area contributed by atoms with Crippen molar-refractivity contribution in [2.45, 2.75) is 38.7 Å². The lowest BCUT2D eigenvalue weighted by Gasteiger charge is -2.21. The standard InChI is InChI=1S/C9H14O2/c1-7-5-4-6-9(2,3)11-8(7)10/h1,4-6H2,2-3H3. The molecule has 1 fully saturated rings. The summed E-state index contributed by atoms with van der Waals surface area (Å²) in [7, 11) is 0. The van der Waals surface area contributed by atoms with E-state index in [-0.39, 0.29) is 11.6 Å². The van der Waals surface area contributed by atoms with Crippen LogP contribution in [-0.2, 0) is 9.53 Å². The molecule has 2 nitrogen and oxygen atoms in total. The van der Waals surface area contributed by atoms with Gasteiger partial charge >= 0.3 is 5.97 Å². The van der Waals surface area contributed by atoms with Crippen LogP contribution in [0.2, 0.25) is 0 Å². The summed E-state index contributed by atoms with van der Waals surface area (Å²) in [4.78, 5) is 11.1. The molecular formula is C9H14O2. The lowest BCUT2D eigenvalue weighted by atomic mass is 10.0. The molecular weight excluding hydrogens is 140 g/mol. The molecule has 0 radical (unpaired) electrons. The van der Waals surface area contributed by atoms with Crippen molar-refractivity contribution in [3.63, 3.8) is 0 Å². The monoisotopic (exact) mass is 154 g/mol. The number of ether oxygens (including phenoxy) is 1. The second-order valence-corrected chi connectivity index (χ2v) is 3.61. The van der Waals surface area contributed by atoms with Crippen LogP contribution in [0.5, 0.6) is 0 Å². The number of esters is 1. The van der Waals surface area contributed by atoms with E-state index in [0.717, 1.165) is 19.3 Å². The van der Waals surface area contributed by atoms with Gasteiger partial charge in [0.1, 0.15) is 5.60 Å². The largest absolute Gasteiger partial charge is 0.456 e. The lowest BCUT2D eigenvalue weighted by Crippen LogP contribution is -2.25. The van der Waals surface area contributed by atoms with E-state index in [1.807, 2.05) is 13.8 Å². The summed E-state index contributed by atoms with van der Waals surface area (Å²) in [5, 5.41) is 0. The van der Waals surface area contributed by atoms with Gasteiger partial charge in [-0.05, 0) is 33.1 Å². The van der Waals surface area contributed by atoms with Crippen molar-refractivity contribution >= 4 is 5.97 Å². The molecule has 1 saturated heterocycles. The van der Waals surface area contributed by atoms with E-state index < -0.39 is 0 Å². The van der Waals surface area contributed by atoms with E-state index in [9.17, 15) is 4.79 Å². The van der Waals surface area contributed by atoms with Gasteiger partial charge in [-0.3, -0.25) is 0 Å². The minimum absolute atomic E-state index is 0.229. The highest BCUT2D eigenvalue weighted by Gasteiger charge is 2.27. The van der Waals surface area contributed by atoms with Crippen molar-refractivity contribution in [1.82, 2.24) is 0 Å². The van der Waals surface area contributed by atoms with Crippen molar-refractivity contribution in [3.8, 4) is 0 Å². The smallest absolute Gasteiger partial charge is 0.333 e. The maximum Gasteiger partial charge on any atom is 0.333 e. The van der Waals surface area contributed by atoms with E-state index in [2.05, 4.69) is 6.58 Å². The minimum Gasteiger partial charge on any atom is -0.456 e. The lowest BCUT2D eigenvalue weighted by molar-refractivity contribution is -0.150. The summed E-state index contributed by atoms with van der Waals surface area (Å²) in [5.41, 5.74) is 0.312. The molecule has 0 aromatic carbocycles. The molecule has 1 heterocycles. The number of carbonyl (C=O) groups is 1. The number of rotatable bonds is 0. The summed E-state index contributed by atoms with van der Waals surface area (Å²) in [6, 6.07) is 0. The molecule has 0 aromatic heterocycles. The van der Waals surface area contributed by atoms with Crippen LogP contribution in [0.3, 0.4) is 0 Å². The zero-order chi connectivity index (χ0) is 8.48. The summed E-state index contributed by atoms with van der Waals surface area (Å²) >= 11 is 0. The van der Waals surface area contributed by atoms with E-state index in [0.29, 0.717) is 5.57 Å². The second-order valence-electron chi connectivity index (χ2n) is 3.61. The molecule has 0 bridgehead atoms. The van der Waals surface area contributed by atoms with Crippen molar-refractivity contribution < 1.29 is 9.53 Å². The normalized spacial score (nSPS) is 24.2. The Kier molecular flexibility index (Phi) is 2.03. The summed E-state index contributed by atoms with van der Waals surface area (Å²) < 4.78 is 5.17. The molecule has 11 heavy (non-hydrogen) atoms. The average molecular weight is 154 g/mol. The van der Waals surface area contributed by atoms with Gasteiger partial charge in [-0.1, -0.05) is 6.58 Å². The van der Waals surface area contributed by atoms with E-state index in [1.54, 1.807) is 0 Å². The second kappa shape index (κ2) is 2.68. The fourth-order valence-electron chi connectivity index (χ4n) is 1.20. The maximum atomic E-state index is 11.1. The molecule has 1 rings (SSSR count). The van der Waals surface area contributed by atoms with Gasteiger partial charge in [-0.15, -0.1) is 0 Å². The average Bonchev–Trinajstić information content (AvgIpc) is 1.93. The molecule has 0 aromatic rings. The van der Waals surface area contributed by atoms with Crippen molar-refractivity contribution in [2.24, 2.45) is 0 Å². The van der Waals surface area contributed by atoms with Crippen molar-refractivity contribution in [3.05, 3.63) is 12.2 Å². The first-order valence-corrected chi connectivity index (χ1v) is 3.92. The van der Waals surface area contributed by atoms with Crippen LogP contribution < -0.4 is 0 Å². The third-order valence-electron chi connectivity index (χ3n) is 1.92. The van der Waals surface area contributed by atoms with Crippen LogP contribution in [0.25, 0.3) is 0 Å². The first-order valence-electron chi connectivity index (χ1n) is 3.92. The molecule has 0 aliphatic carbocycles. The molecule has 0 saturated carbocycles. The maximum absolute atomic E-state index is 11.1. The van der Waals surface area contributed by atoms with Crippen LogP contribution in [0.1, 0.15) is 33.1 Å². The Balaban J connectivity index is 2.70. The highest BCUT2D eigenvalue weighted by molar-refractivity contribution is 5.88. The molecule has 62 valence electrons. The van der Waals surface area contributed by atoms with Crippen LogP contribution >= 0.6 is 0 Å². The predicted molar refractivity (Wildman–Crippen MR) is 43.2 cm³/mol. The Morgan fingerprint density at radius 2 is 2.18 bits per heavy atom. The fraction of sp³-hybridized carbons (Fsp3) is 0.667. The van der Waals surface area contributed by atoms with Gasteiger partial charge in [0.25, 0.3) is 0 Å². The number of hydrogen-bond acceptors (Lipinski definition) is 2. The molecule has 0 unspecified atom stereocenters. The Morgan fingerprint density at radius 3 is 2.82 bits per heavy atom. The molecule has 0 N–H and O–H groups in total. The first kappa shape index (κ1) is 8.31. The molecule has 1 aliphatic rings. The quantitative estimate of drug-likeness (QED) is 0.394.